The number of thioether (sulfide) groups is 1. The number of nitrogens with one attached hydrogen (secondary N) is 2. The quantitative estimate of drug-likeness (QED) is 0.110. The van der Waals surface area contributed by atoms with Crippen molar-refractivity contribution in [2.45, 2.75) is 6.54 Å². The Morgan fingerprint density at radius 1 is 1.19 bits per heavy atom. The van der Waals surface area contributed by atoms with Gasteiger partial charge in [0, 0.05) is 11.8 Å². The van der Waals surface area contributed by atoms with Gasteiger partial charge < -0.3 is 9.47 Å². The lowest BCUT2D eigenvalue weighted by Gasteiger charge is -2.08. The van der Waals surface area contributed by atoms with E-state index < -0.39 is 23.0 Å². The maximum atomic E-state index is 12.3. The lowest BCUT2D eigenvalue weighted by molar-refractivity contribution is -0.129. The molecule has 0 aliphatic carbocycles. The normalized spacial score (nSPS) is 14.1. The van der Waals surface area contributed by atoms with Crippen LogP contribution in [0.1, 0.15) is 5.56 Å². The average molecular weight is 539 g/mol. The van der Waals surface area contributed by atoms with Gasteiger partial charge in [0.15, 0.2) is 11.5 Å². The minimum Gasteiger partial charge on any atom is -0.493 e. The number of amides is 3. The van der Waals surface area contributed by atoms with E-state index >= 15 is 0 Å². The molecule has 1 aliphatic rings. The third kappa shape index (κ3) is 6.36. The van der Waals surface area contributed by atoms with Crippen LogP contribution in [0.2, 0.25) is 0 Å². The predicted octanol–water partition coefficient (Wildman–Crippen LogP) is 2.33. The second-order valence-corrected chi connectivity index (χ2v) is 8.63. The summed E-state index contributed by atoms with van der Waals surface area (Å²) >= 11 is 5.99. The molecule has 0 radical (unpaired) electrons. The highest BCUT2D eigenvalue weighted by molar-refractivity contribution is 8.18. The zero-order chi connectivity index (χ0) is 26.4. The molecule has 188 valence electrons. The Hall–Kier alpha value is -4.56. The molecule has 2 heterocycles. The summed E-state index contributed by atoms with van der Waals surface area (Å²) in [6.07, 6.45) is 3.83. The highest BCUT2D eigenvalue weighted by Gasteiger charge is 2.26. The topological polar surface area (TPSA) is 146 Å². The maximum Gasteiger partial charge on any atom is 0.337 e. The third-order valence-corrected chi connectivity index (χ3v) is 5.97. The second kappa shape index (κ2) is 11.5. The number of nitrogens with zero attached hydrogens (tertiary/aromatic N) is 4. The van der Waals surface area contributed by atoms with E-state index in [1.54, 1.807) is 10.6 Å². The molecule has 14 heteroatoms. The summed E-state index contributed by atoms with van der Waals surface area (Å²) in [5, 5.41) is 9.56. The summed E-state index contributed by atoms with van der Waals surface area (Å²) in [5.74, 6) is -1.67. The Labute approximate surface area is 218 Å². The lowest BCUT2D eigenvalue weighted by Crippen LogP contribution is -2.24. The molecule has 4 rings (SSSR count). The van der Waals surface area contributed by atoms with E-state index in [1.807, 2.05) is 35.6 Å². The maximum absolute atomic E-state index is 12.3. The average Bonchev–Trinajstić information content (AvgIpc) is 3.40. The van der Waals surface area contributed by atoms with Gasteiger partial charge in [-0.25, -0.2) is 14.9 Å². The highest BCUT2D eigenvalue weighted by Crippen LogP contribution is 2.29. The zero-order valence-corrected chi connectivity index (χ0v) is 20.7. The number of carbonyl (C=O) groups is 4. The van der Waals surface area contributed by atoms with E-state index in [4.69, 9.17) is 21.7 Å². The first-order valence-electron chi connectivity index (χ1n) is 10.5. The molecule has 12 nitrogen and oxygen atoms in total. The van der Waals surface area contributed by atoms with Crippen molar-refractivity contribution in [1.29, 1.82) is 0 Å². The number of aromatic nitrogens is 3. The molecule has 0 saturated carbocycles. The molecule has 1 saturated heterocycles. The second-order valence-electron chi connectivity index (χ2n) is 7.25. The minimum absolute atomic E-state index is 0.0679. The summed E-state index contributed by atoms with van der Waals surface area (Å²) in [6.45, 7) is -0.133. The summed E-state index contributed by atoms with van der Waals surface area (Å²) in [4.78, 5) is 47.1. The first-order chi connectivity index (χ1) is 17.8. The smallest absolute Gasteiger partial charge is 0.337 e. The Kier molecular flexibility index (Phi) is 7.90. The Morgan fingerprint density at radius 3 is 2.68 bits per heavy atom. The Balaban J connectivity index is 1.35. The van der Waals surface area contributed by atoms with E-state index in [1.165, 1.54) is 36.5 Å². The Bertz CT molecular complexity index is 1490. The van der Waals surface area contributed by atoms with Gasteiger partial charge in [0.05, 0.1) is 18.2 Å². The summed E-state index contributed by atoms with van der Waals surface area (Å²) in [5.41, 5.74) is 3.77. The fourth-order valence-electron chi connectivity index (χ4n) is 3.08. The van der Waals surface area contributed by atoms with E-state index in [-0.39, 0.29) is 22.9 Å². The van der Waals surface area contributed by atoms with Crippen molar-refractivity contribution < 1.29 is 28.7 Å². The molecule has 1 aliphatic heterocycles. The molecule has 0 atom stereocenters. The van der Waals surface area contributed by atoms with Crippen LogP contribution in [0.25, 0.3) is 5.69 Å². The van der Waals surface area contributed by atoms with Crippen LogP contribution in [0.4, 0.5) is 4.79 Å². The van der Waals surface area contributed by atoms with Gasteiger partial charge >= 0.3 is 5.97 Å². The number of para-hydroxylation sites is 1. The van der Waals surface area contributed by atoms with Crippen LogP contribution in [-0.4, -0.2) is 50.7 Å². The number of hydrazone groups is 1. The standard InChI is InChI=1S/C23H18N6O6S2/c1-34-17-9-14(7-8-16(17)35-20(31)10-18-21(32)26-22(33)37-18)11-24-27-19(30)12-29-23(36)28(13-25-29)15-5-3-2-4-6-15/h2-11,13H,12H2,1H3,(H,27,30)(H,26,32,33). The number of benzene rings is 2. The van der Waals surface area contributed by atoms with Crippen molar-refractivity contribution >= 4 is 53.2 Å². The van der Waals surface area contributed by atoms with Gasteiger partial charge in [-0.05, 0) is 59.9 Å². The first-order valence-corrected chi connectivity index (χ1v) is 11.7. The van der Waals surface area contributed by atoms with Crippen molar-refractivity contribution in [1.82, 2.24) is 25.1 Å². The van der Waals surface area contributed by atoms with Gasteiger partial charge in [0.25, 0.3) is 17.1 Å². The number of imide groups is 1. The van der Waals surface area contributed by atoms with Crippen molar-refractivity contribution in [2.75, 3.05) is 7.11 Å². The van der Waals surface area contributed by atoms with Gasteiger partial charge in [0.2, 0.25) is 4.77 Å². The number of esters is 1. The molecule has 0 unspecified atom stereocenters. The minimum atomic E-state index is -0.854. The van der Waals surface area contributed by atoms with E-state index in [2.05, 4.69) is 15.6 Å². The van der Waals surface area contributed by atoms with Crippen LogP contribution in [-0.2, 0) is 20.9 Å². The van der Waals surface area contributed by atoms with Gasteiger partial charge in [-0.1, -0.05) is 18.2 Å². The van der Waals surface area contributed by atoms with Gasteiger partial charge in [-0.3, -0.25) is 24.3 Å². The van der Waals surface area contributed by atoms with Crippen LogP contribution in [0.5, 0.6) is 11.5 Å². The molecule has 3 amide bonds. The van der Waals surface area contributed by atoms with Crippen LogP contribution >= 0.6 is 24.0 Å². The number of methoxy groups -OCH3 is 1. The van der Waals surface area contributed by atoms with Crippen molar-refractivity contribution in [2.24, 2.45) is 5.10 Å². The molecule has 2 aromatic carbocycles. The molecule has 1 fully saturated rings. The Morgan fingerprint density at radius 2 is 1.97 bits per heavy atom. The molecule has 37 heavy (non-hydrogen) atoms. The molecule has 0 spiro atoms. The summed E-state index contributed by atoms with van der Waals surface area (Å²) < 4.78 is 13.9. The van der Waals surface area contributed by atoms with Crippen LogP contribution in [0.15, 0.2) is 70.9 Å². The number of rotatable bonds is 8. The van der Waals surface area contributed by atoms with E-state index in [9.17, 15) is 19.2 Å². The summed E-state index contributed by atoms with van der Waals surface area (Å²) in [6, 6.07) is 13.9. The van der Waals surface area contributed by atoms with Crippen LogP contribution in [0, 0.1) is 4.77 Å². The monoisotopic (exact) mass is 538 g/mol. The lowest BCUT2D eigenvalue weighted by atomic mass is 10.2. The zero-order valence-electron chi connectivity index (χ0n) is 19.1. The number of carbonyl (C=O) groups excluding carboxylic acids is 4. The van der Waals surface area contributed by atoms with Gasteiger partial charge in [0.1, 0.15) is 12.9 Å². The largest absolute Gasteiger partial charge is 0.493 e. The van der Waals surface area contributed by atoms with Gasteiger partial charge in [-0.15, -0.1) is 0 Å². The molecular formula is C23H18N6O6S2. The fourth-order valence-corrected chi connectivity index (χ4v) is 3.98. The van der Waals surface area contributed by atoms with Crippen molar-refractivity contribution in [3.63, 3.8) is 0 Å². The molecule has 2 N–H and O–H groups in total. The fraction of sp³-hybridized carbons (Fsp3) is 0.0870. The van der Waals surface area contributed by atoms with E-state index in [0.29, 0.717) is 22.1 Å². The molecular weight excluding hydrogens is 520 g/mol. The number of hydrogen-bond donors (Lipinski definition) is 2. The molecule has 0 bridgehead atoms. The molecule has 3 aromatic rings. The summed E-state index contributed by atoms with van der Waals surface area (Å²) in [7, 11) is 1.38. The first kappa shape index (κ1) is 25.5. The van der Waals surface area contributed by atoms with Crippen molar-refractivity contribution in [3.05, 3.63) is 76.2 Å². The number of hydrogen-bond acceptors (Lipinski definition) is 10. The highest BCUT2D eigenvalue weighted by atomic mass is 32.2. The van der Waals surface area contributed by atoms with Crippen molar-refractivity contribution in [3.8, 4) is 17.2 Å². The molecule has 1 aromatic heterocycles. The van der Waals surface area contributed by atoms with Crippen LogP contribution < -0.4 is 20.2 Å². The van der Waals surface area contributed by atoms with E-state index in [0.717, 1.165) is 11.8 Å². The third-order valence-electron chi connectivity index (χ3n) is 4.75. The number of ether oxygens (including phenoxy) is 2. The SMILES string of the molecule is COc1cc(C=NNC(=O)Cn2ncn(-c3ccccc3)c2=S)ccc1OC(=O)C=C1SC(=O)NC1=O. The van der Waals surface area contributed by atoms with Gasteiger partial charge in [-0.2, -0.15) is 10.2 Å². The predicted molar refractivity (Wildman–Crippen MR) is 136 cm³/mol. The van der Waals surface area contributed by atoms with Crippen LogP contribution in [0.3, 0.4) is 0 Å².